The van der Waals surface area contributed by atoms with Crippen molar-refractivity contribution in [3.63, 3.8) is 0 Å². The monoisotopic (exact) mass is 754 g/mol. The van der Waals surface area contributed by atoms with Crippen LogP contribution in [0, 0.1) is 87.3 Å². The molecule has 0 unspecified atom stereocenters. The van der Waals surface area contributed by atoms with Gasteiger partial charge in [-0.2, -0.15) is 0 Å². The molecule has 3 rings (SSSR count). The molecule has 0 aliphatic rings. The fourth-order valence-corrected chi connectivity index (χ4v) is 8.57. The van der Waals surface area contributed by atoms with Crippen molar-refractivity contribution < 1.29 is 65.9 Å². The number of halogens is 18. The van der Waals surface area contributed by atoms with Gasteiger partial charge in [0.1, 0.15) is 0 Å². The summed E-state index contributed by atoms with van der Waals surface area (Å²) >= 11 is -8.28. The maximum atomic E-state index is 14.4. The van der Waals surface area contributed by atoms with Crippen LogP contribution in [-0.2, 0) is 0 Å². The standard InChI is InChI=1S/C18F15Ge.Cl3Ge/c19-1-4(22)10(28)16(11(29)5(1)23)34(17-12(30)6(24)2(20)7(25)13(17)31)18-14(32)8(26)3(21)9(27)15(18)33;1-4(2)3. The molecule has 0 aliphatic carbocycles. The van der Waals surface area contributed by atoms with Gasteiger partial charge < -0.3 is 0 Å². The molecule has 0 N–H and O–H groups in total. The van der Waals surface area contributed by atoms with E-state index in [0.717, 1.165) is 0 Å². The van der Waals surface area contributed by atoms with Crippen LogP contribution in [0.2, 0.25) is 0 Å². The Morgan fingerprint density at radius 2 is 0.368 bits per heavy atom. The molecule has 0 atom stereocenters. The molecular formula is C18Cl3F15Ge2. The van der Waals surface area contributed by atoms with E-state index in [9.17, 15) is 65.9 Å². The van der Waals surface area contributed by atoms with Gasteiger partial charge in [0.15, 0.2) is 0 Å². The number of hydrogen-bond acceptors (Lipinski definition) is 0. The van der Waals surface area contributed by atoms with E-state index < -0.39 is 126 Å². The van der Waals surface area contributed by atoms with Gasteiger partial charge in [-0.05, 0) is 0 Å². The average Bonchev–Trinajstić information content (AvgIpc) is 2.85. The molecule has 0 saturated carbocycles. The van der Waals surface area contributed by atoms with Crippen molar-refractivity contribution >= 4 is 69.1 Å². The van der Waals surface area contributed by atoms with Gasteiger partial charge in [-0.1, -0.05) is 0 Å². The molecule has 0 nitrogen and oxygen atoms in total. The summed E-state index contributed by atoms with van der Waals surface area (Å²) in [6, 6.07) is 0. The van der Waals surface area contributed by atoms with Crippen LogP contribution in [0.25, 0.3) is 0 Å². The van der Waals surface area contributed by atoms with Gasteiger partial charge in [-0.25, -0.2) is 0 Å². The van der Waals surface area contributed by atoms with E-state index in [4.69, 9.17) is 30.0 Å². The summed E-state index contributed by atoms with van der Waals surface area (Å²) in [5, 5.41) is 0. The quantitative estimate of drug-likeness (QED) is 0.134. The van der Waals surface area contributed by atoms with Crippen molar-refractivity contribution in [3.05, 3.63) is 87.3 Å². The molecule has 3 aromatic rings. The number of hydrogen-bond donors (Lipinski definition) is 0. The molecule has 0 spiro atoms. The number of benzene rings is 3. The fourth-order valence-electron chi connectivity index (χ4n) is 2.85. The minimum absolute atomic E-state index is 1.92. The van der Waals surface area contributed by atoms with Crippen LogP contribution in [0.4, 0.5) is 65.9 Å². The fraction of sp³-hybridized carbons (Fsp3) is 0. The molecule has 0 heterocycles. The van der Waals surface area contributed by atoms with Crippen molar-refractivity contribution in [1.29, 1.82) is 0 Å². The van der Waals surface area contributed by atoms with E-state index in [1.807, 2.05) is 0 Å². The molecular weight excluding hydrogens is 753 g/mol. The Kier molecular flexibility index (Phi) is 10.7. The molecule has 0 amide bonds. The normalized spacial score (nSPS) is 11.4. The Morgan fingerprint density at radius 1 is 0.263 bits per heavy atom. The van der Waals surface area contributed by atoms with Gasteiger partial charge >= 0.3 is 222 Å². The van der Waals surface area contributed by atoms with E-state index in [-0.39, 0.29) is 0 Å². The van der Waals surface area contributed by atoms with Crippen LogP contribution in [0.5, 0.6) is 0 Å². The molecule has 0 fully saturated rings. The van der Waals surface area contributed by atoms with Gasteiger partial charge in [0.05, 0.1) is 0 Å². The van der Waals surface area contributed by atoms with E-state index in [1.165, 1.54) is 0 Å². The SMILES string of the molecule is Fc1c(F)c(F)[c]([Ge]([c]2c(F)c(F)c(F)c(F)c2F)[c]2c(F)c(F)c(F)c(F)c2F)c(F)c1F.[Cl][Ge]([Cl])[Cl]. The van der Waals surface area contributed by atoms with Crippen LogP contribution in [0.15, 0.2) is 0 Å². The third kappa shape index (κ3) is 5.71. The van der Waals surface area contributed by atoms with Crippen molar-refractivity contribution in [3.8, 4) is 0 Å². The summed E-state index contributed by atoms with van der Waals surface area (Å²) in [5.74, 6) is -44.5. The van der Waals surface area contributed by atoms with Crippen LogP contribution < -0.4 is 13.2 Å². The molecule has 20 heteroatoms. The predicted molar refractivity (Wildman–Crippen MR) is 107 cm³/mol. The molecule has 0 aliphatic heterocycles. The zero-order chi connectivity index (χ0) is 29.5. The van der Waals surface area contributed by atoms with E-state index in [2.05, 4.69) is 0 Å². The second kappa shape index (κ2) is 12.4. The van der Waals surface area contributed by atoms with Gasteiger partial charge in [-0.15, -0.1) is 0 Å². The first-order chi connectivity index (χ1) is 17.4. The summed E-state index contributed by atoms with van der Waals surface area (Å²) < 4.78 is 201. The van der Waals surface area contributed by atoms with Gasteiger partial charge in [0.2, 0.25) is 0 Å². The van der Waals surface area contributed by atoms with Gasteiger partial charge in [0, 0.05) is 0 Å². The predicted octanol–water partition coefficient (Wildman–Crippen LogP) is 5.98. The zero-order valence-corrected chi connectivity index (χ0v) is 23.3. The number of rotatable bonds is 3. The summed E-state index contributed by atoms with van der Waals surface area (Å²) in [6.45, 7) is 0. The zero-order valence-electron chi connectivity index (χ0n) is 16.8. The second-order valence-corrected chi connectivity index (χ2v) is 21.0. The first kappa shape index (κ1) is 32.8. The summed E-state index contributed by atoms with van der Waals surface area (Å²) in [7, 11) is 14.9. The van der Waals surface area contributed by atoms with E-state index in [1.54, 1.807) is 0 Å². The first-order valence-electron chi connectivity index (χ1n) is 8.65. The van der Waals surface area contributed by atoms with E-state index in [0.29, 0.717) is 0 Å². The molecule has 38 heavy (non-hydrogen) atoms. The van der Waals surface area contributed by atoms with Crippen LogP contribution in [0.1, 0.15) is 0 Å². The third-order valence-corrected chi connectivity index (χ3v) is 10.3. The van der Waals surface area contributed by atoms with Gasteiger partial charge in [0.25, 0.3) is 0 Å². The first-order valence-corrected chi connectivity index (χ1v) is 20.1. The van der Waals surface area contributed by atoms with Crippen LogP contribution in [-0.4, -0.2) is 25.9 Å². The molecule has 3 aromatic carbocycles. The molecule has 0 aromatic heterocycles. The van der Waals surface area contributed by atoms with Crippen molar-refractivity contribution in [2.75, 3.05) is 0 Å². The van der Waals surface area contributed by atoms with Gasteiger partial charge in [-0.3, -0.25) is 0 Å². The molecule has 2 radical (unpaired) electrons. The Labute approximate surface area is 221 Å². The Bertz CT molecular complexity index is 1180. The topological polar surface area (TPSA) is 0 Å². The minimum atomic E-state index is -6.37. The van der Waals surface area contributed by atoms with Crippen molar-refractivity contribution in [2.45, 2.75) is 0 Å². The van der Waals surface area contributed by atoms with Crippen LogP contribution >= 0.6 is 30.0 Å². The third-order valence-electron chi connectivity index (χ3n) is 4.38. The Morgan fingerprint density at radius 3 is 0.500 bits per heavy atom. The summed E-state index contributed by atoms with van der Waals surface area (Å²) in [6.07, 6.45) is 0. The second-order valence-electron chi connectivity index (χ2n) is 6.42. The molecule has 0 saturated heterocycles. The molecule has 0 bridgehead atoms. The maximum absolute atomic E-state index is 14.4. The average molecular weight is 753 g/mol. The summed E-state index contributed by atoms with van der Waals surface area (Å²) in [4.78, 5) is 0. The van der Waals surface area contributed by atoms with Crippen LogP contribution in [0.3, 0.4) is 0 Å². The Hall–Kier alpha value is -1.43. The van der Waals surface area contributed by atoms with Crippen molar-refractivity contribution in [2.24, 2.45) is 0 Å². The van der Waals surface area contributed by atoms with E-state index >= 15 is 0 Å². The molecule has 206 valence electrons. The summed E-state index contributed by atoms with van der Waals surface area (Å²) in [5.41, 5.74) is 0. The Balaban J connectivity index is 0.00000118. The van der Waals surface area contributed by atoms with Crippen molar-refractivity contribution in [1.82, 2.24) is 0 Å².